The predicted octanol–water partition coefficient (Wildman–Crippen LogP) is 4.74. The molecular formula is C21H18N4O2S. The highest BCUT2D eigenvalue weighted by atomic mass is 32.1. The lowest BCUT2D eigenvalue weighted by molar-refractivity contribution is -0.116. The predicted molar refractivity (Wildman–Crippen MR) is 109 cm³/mol. The molecular weight excluding hydrogens is 372 g/mol. The third-order valence-electron chi connectivity index (χ3n) is 4.19. The van der Waals surface area contributed by atoms with Crippen molar-refractivity contribution in [2.24, 2.45) is 0 Å². The van der Waals surface area contributed by atoms with Gasteiger partial charge in [0.1, 0.15) is 5.01 Å². The minimum atomic E-state index is -0.0999. The Bertz CT molecular complexity index is 1050. The van der Waals surface area contributed by atoms with Crippen LogP contribution in [0.15, 0.2) is 64.6 Å². The fraction of sp³-hybridized carbons (Fsp3) is 0.143. The molecule has 0 saturated heterocycles. The molecule has 28 heavy (non-hydrogen) atoms. The first-order chi connectivity index (χ1) is 13.7. The largest absolute Gasteiger partial charge is 0.339 e. The lowest BCUT2D eigenvalue weighted by Gasteiger charge is -2.05. The Kier molecular flexibility index (Phi) is 5.25. The van der Waals surface area contributed by atoms with Gasteiger partial charge in [-0.1, -0.05) is 35.0 Å². The summed E-state index contributed by atoms with van der Waals surface area (Å²) in [6.07, 6.45) is 2.43. The second kappa shape index (κ2) is 8.14. The Morgan fingerprint density at radius 2 is 1.82 bits per heavy atom. The normalized spacial score (nSPS) is 10.8. The smallest absolute Gasteiger partial charge is 0.227 e. The maximum absolute atomic E-state index is 12.2. The molecule has 4 aromatic rings. The van der Waals surface area contributed by atoms with Crippen molar-refractivity contribution in [1.82, 2.24) is 15.1 Å². The number of hydrogen-bond donors (Lipinski definition) is 1. The van der Waals surface area contributed by atoms with Crippen molar-refractivity contribution in [3.05, 3.63) is 71.6 Å². The first-order valence-corrected chi connectivity index (χ1v) is 9.75. The topological polar surface area (TPSA) is 80.9 Å². The SMILES string of the molecule is Cc1ccc(-c2noc(CCC(=O)Nc3ccc(-c4nccs4)cc3)n2)cc1. The van der Waals surface area contributed by atoms with Crippen LogP contribution in [0.4, 0.5) is 5.69 Å². The van der Waals surface area contributed by atoms with E-state index >= 15 is 0 Å². The summed E-state index contributed by atoms with van der Waals surface area (Å²) in [5.74, 6) is 0.884. The number of thiazole rings is 1. The van der Waals surface area contributed by atoms with E-state index in [9.17, 15) is 4.79 Å². The van der Waals surface area contributed by atoms with Crippen molar-refractivity contribution in [1.29, 1.82) is 0 Å². The van der Waals surface area contributed by atoms with Crippen molar-refractivity contribution in [3.63, 3.8) is 0 Å². The van der Waals surface area contributed by atoms with E-state index in [0.29, 0.717) is 18.1 Å². The highest BCUT2D eigenvalue weighted by molar-refractivity contribution is 7.13. The van der Waals surface area contributed by atoms with Crippen molar-refractivity contribution in [3.8, 4) is 22.0 Å². The number of rotatable bonds is 6. The summed E-state index contributed by atoms with van der Waals surface area (Å²) >= 11 is 1.58. The summed E-state index contributed by atoms with van der Waals surface area (Å²) < 4.78 is 5.26. The summed E-state index contributed by atoms with van der Waals surface area (Å²) in [5, 5.41) is 9.77. The molecule has 0 atom stereocenters. The molecule has 0 unspecified atom stereocenters. The molecule has 1 amide bonds. The van der Waals surface area contributed by atoms with Crippen LogP contribution in [0.3, 0.4) is 0 Å². The van der Waals surface area contributed by atoms with Crippen LogP contribution in [0, 0.1) is 6.92 Å². The molecule has 0 radical (unpaired) electrons. The Morgan fingerprint density at radius 3 is 2.54 bits per heavy atom. The molecule has 140 valence electrons. The van der Waals surface area contributed by atoms with Gasteiger partial charge in [-0.3, -0.25) is 4.79 Å². The molecule has 0 fully saturated rings. The molecule has 7 heteroatoms. The van der Waals surface area contributed by atoms with Gasteiger partial charge in [-0.25, -0.2) is 4.98 Å². The fourth-order valence-corrected chi connectivity index (χ4v) is 3.33. The van der Waals surface area contributed by atoms with Crippen molar-refractivity contribution in [2.45, 2.75) is 19.8 Å². The van der Waals surface area contributed by atoms with Crippen LogP contribution in [-0.2, 0) is 11.2 Å². The number of anilines is 1. The van der Waals surface area contributed by atoms with E-state index in [0.717, 1.165) is 21.8 Å². The molecule has 0 spiro atoms. The third-order valence-corrected chi connectivity index (χ3v) is 5.01. The van der Waals surface area contributed by atoms with E-state index in [2.05, 4.69) is 20.4 Å². The number of hydrogen-bond acceptors (Lipinski definition) is 6. The zero-order valence-electron chi connectivity index (χ0n) is 15.3. The minimum absolute atomic E-state index is 0.0999. The van der Waals surface area contributed by atoms with E-state index in [1.54, 1.807) is 17.5 Å². The fourth-order valence-electron chi connectivity index (χ4n) is 2.68. The van der Waals surface area contributed by atoms with Gasteiger partial charge < -0.3 is 9.84 Å². The van der Waals surface area contributed by atoms with Crippen LogP contribution in [0.1, 0.15) is 17.9 Å². The lowest BCUT2D eigenvalue weighted by atomic mass is 10.1. The molecule has 0 bridgehead atoms. The van der Waals surface area contributed by atoms with Gasteiger partial charge in [0.25, 0.3) is 0 Å². The van der Waals surface area contributed by atoms with Crippen LogP contribution < -0.4 is 5.32 Å². The second-order valence-electron chi connectivity index (χ2n) is 6.34. The van der Waals surface area contributed by atoms with Crippen LogP contribution in [-0.4, -0.2) is 21.0 Å². The lowest BCUT2D eigenvalue weighted by Crippen LogP contribution is -2.12. The standard InChI is InChI=1S/C21H18N4O2S/c1-14-2-4-15(5-3-14)20-24-19(27-25-20)11-10-18(26)23-17-8-6-16(7-9-17)21-22-12-13-28-21/h2-9,12-13H,10-11H2,1H3,(H,23,26). The van der Waals surface area contributed by atoms with Gasteiger partial charge in [0.15, 0.2) is 0 Å². The molecule has 0 aliphatic carbocycles. The van der Waals surface area contributed by atoms with Crippen molar-refractivity contribution in [2.75, 3.05) is 5.32 Å². The summed E-state index contributed by atoms with van der Waals surface area (Å²) in [5.41, 5.74) is 3.84. The van der Waals surface area contributed by atoms with E-state index in [-0.39, 0.29) is 12.3 Å². The van der Waals surface area contributed by atoms with Gasteiger partial charge in [0, 0.05) is 41.2 Å². The van der Waals surface area contributed by atoms with E-state index in [1.807, 2.05) is 60.8 Å². The van der Waals surface area contributed by atoms with E-state index < -0.39 is 0 Å². The number of carbonyl (C=O) groups is 1. The summed E-state index contributed by atoms with van der Waals surface area (Å²) in [6, 6.07) is 15.5. The quantitative estimate of drug-likeness (QED) is 0.514. The minimum Gasteiger partial charge on any atom is -0.339 e. The zero-order valence-corrected chi connectivity index (χ0v) is 16.1. The number of nitrogens with zero attached hydrogens (tertiary/aromatic N) is 3. The van der Waals surface area contributed by atoms with Crippen LogP contribution in [0.25, 0.3) is 22.0 Å². The Balaban J connectivity index is 1.31. The summed E-state index contributed by atoms with van der Waals surface area (Å²) in [7, 11) is 0. The van der Waals surface area contributed by atoms with Crippen molar-refractivity contribution < 1.29 is 9.32 Å². The third kappa shape index (κ3) is 4.32. The average Bonchev–Trinajstić information content (AvgIpc) is 3.40. The molecule has 0 saturated carbocycles. The van der Waals surface area contributed by atoms with Gasteiger partial charge >= 0.3 is 0 Å². The summed E-state index contributed by atoms with van der Waals surface area (Å²) in [6.45, 7) is 2.02. The van der Waals surface area contributed by atoms with Gasteiger partial charge in [0.05, 0.1) is 0 Å². The van der Waals surface area contributed by atoms with E-state index in [1.165, 1.54) is 5.56 Å². The monoisotopic (exact) mass is 390 g/mol. The first kappa shape index (κ1) is 18.1. The molecule has 2 aromatic carbocycles. The van der Waals surface area contributed by atoms with Gasteiger partial charge in [-0.05, 0) is 31.2 Å². The number of aromatic nitrogens is 3. The van der Waals surface area contributed by atoms with Gasteiger partial charge in [-0.2, -0.15) is 4.98 Å². The second-order valence-corrected chi connectivity index (χ2v) is 7.24. The van der Waals surface area contributed by atoms with Crippen molar-refractivity contribution >= 4 is 22.9 Å². The molecule has 4 rings (SSSR count). The molecule has 1 N–H and O–H groups in total. The van der Waals surface area contributed by atoms with Crippen LogP contribution in [0.2, 0.25) is 0 Å². The first-order valence-electron chi connectivity index (χ1n) is 8.87. The molecule has 0 aliphatic heterocycles. The van der Waals surface area contributed by atoms with E-state index in [4.69, 9.17) is 4.52 Å². The highest BCUT2D eigenvalue weighted by Crippen LogP contribution is 2.23. The zero-order chi connectivity index (χ0) is 19.3. The van der Waals surface area contributed by atoms with Crippen LogP contribution >= 0.6 is 11.3 Å². The maximum Gasteiger partial charge on any atom is 0.227 e. The number of nitrogens with one attached hydrogen (secondary N) is 1. The number of aryl methyl sites for hydroxylation is 2. The molecule has 2 aromatic heterocycles. The molecule has 6 nitrogen and oxygen atoms in total. The Hall–Kier alpha value is -3.32. The number of amides is 1. The number of carbonyl (C=O) groups excluding carboxylic acids is 1. The van der Waals surface area contributed by atoms with Gasteiger partial charge in [-0.15, -0.1) is 11.3 Å². The summed E-state index contributed by atoms with van der Waals surface area (Å²) in [4.78, 5) is 20.8. The van der Waals surface area contributed by atoms with Crippen LogP contribution in [0.5, 0.6) is 0 Å². The van der Waals surface area contributed by atoms with Gasteiger partial charge in [0.2, 0.25) is 17.6 Å². The molecule has 0 aliphatic rings. The number of benzene rings is 2. The Labute approximate surface area is 166 Å². The Morgan fingerprint density at radius 1 is 1.07 bits per heavy atom. The average molecular weight is 390 g/mol. The highest BCUT2D eigenvalue weighted by Gasteiger charge is 2.11. The maximum atomic E-state index is 12.2. The molecule has 2 heterocycles.